The van der Waals surface area contributed by atoms with Gasteiger partial charge in [0.2, 0.25) is 11.8 Å². The van der Waals surface area contributed by atoms with Gasteiger partial charge in [-0.05, 0) is 43.2 Å². The largest absolute Gasteiger partial charge is 0.352 e. The first-order valence-corrected chi connectivity index (χ1v) is 10.5. The van der Waals surface area contributed by atoms with Gasteiger partial charge in [0.25, 0.3) is 0 Å². The van der Waals surface area contributed by atoms with Gasteiger partial charge in [-0.1, -0.05) is 6.07 Å². The minimum absolute atomic E-state index is 0.00271. The zero-order valence-electron chi connectivity index (χ0n) is 16.7. The number of anilines is 2. The molecule has 3 aliphatic rings. The maximum Gasteiger partial charge on any atom is 0.228 e. The number of rotatable bonds is 4. The summed E-state index contributed by atoms with van der Waals surface area (Å²) in [5.74, 6) is 0.520. The van der Waals surface area contributed by atoms with Crippen molar-refractivity contribution in [3.63, 3.8) is 0 Å². The van der Waals surface area contributed by atoms with Crippen molar-refractivity contribution >= 4 is 23.3 Å². The van der Waals surface area contributed by atoms with Gasteiger partial charge in [-0.3, -0.25) is 9.59 Å². The molecular weight excluding hydrogens is 385 g/mol. The highest BCUT2D eigenvalue weighted by molar-refractivity contribution is 6.00. The van der Waals surface area contributed by atoms with Gasteiger partial charge in [-0.25, -0.2) is 4.39 Å². The van der Waals surface area contributed by atoms with Crippen LogP contribution in [-0.4, -0.2) is 59.6 Å². The molecule has 3 fully saturated rings. The lowest BCUT2D eigenvalue weighted by atomic mass is 10.1. The summed E-state index contributed by atoms with van der Waals surface area (Å²) in [6.07, 6.45) is 2.58. The molecule has 8 heteroatoms. The fourth-order valence-electron chi connectivity index (χ4n) is 4.28. The molecule has 5 rings (SSSR count). The SMILES string of the molecule is O=C(C1CC(=O)N(c2cccc(F)c2)C1)N1CCN(c2ccc(C3CC3)nn2)CC1. The van der Waals surface area contributed by atoms with E-state index >= 15 is 0 Å². The number of nitrogens with zero attached hydrogens (tertiary/aromatic N) is 5. The third-order valence-electron chi connectivity index (χ3n) is 6.18. The van der Waals surface area contributed by atoms with Crippen LogP contribution in [-0.2, 0) is 9.59 Å². The second kappa shape index (κ2) is 7.66. The van der Waals surface area contributed by atoms with E-state index in [1.165, 1.54) is 29.9 Å². The lowest BCUT2D eigenvalue weighted by Crippen LogP contribution is -2.51. The van der Waals surface area contributed by atoms with Gasteiger partial charge in [-0.15, -0.1) is 5.10 Å². The van der Waals surface area contributed by atoms with Crippen molar-refractivity contribution in [2.24, 2.45) is 5.92 Å². The monoisotopic (exact) mass is 409 g/mol. The van der Waals surface area contributed by atoms with Gasteiger partial charge >= 0.3 is 0 Å². The first-order valence-electron chi connectivity index (χ1n) is 10.5. The Hall–Kier alpha value is -3.03. The van der Waals surface area contributed by atoms with E-state index in [9.17, 15) is 14.0 Å². The Balaban J connectivity index is 1.18. The molecule has 0 spiro atoms. The molecule has 0 bridgehead atoms. The van der Waals surface area contributed by atoms with Crippen LogP contribution >= 0.6 is 0 Å². The van der Waals surface area contributed by atoms with E-state index in [4.69, 9.17) is 0 Å². The zero-order valence-corrected chi connectivity index (χ0v) is 16.7. The van der Waals surface area contributed by atoms with Crippen molar-refractivity contribution in [1.82, 2.24) is 15.1 Å². The standard InChI is InChI=1S/C22H24FN5O2/c23-17-2-1-3-18(13-17)28-14-16(12-21(28)29)22(30)27-10-8-26(9-11-27)20-7-6-19(24-25-20)15-4-5-15/h1-3,6-7,13,15-16H,4-5,8-12,14H2. The van der Waals surface area contributed by atoms with E-state index in [-0.39, 0.29) is 30.0 Å². The molecule has 1 aliphatic carbocycles. The fourth-order valence-corrected chi connectivity index (χ4v) is 4.28. The van der Waals surface area contributed by atoms with Crippen LogP contribution in [0.1, 0.15) is 30.9 Å². The fraction of sp³-hybridized carbons (Fsp3) is 0.455. The van der Waals surface area contributed by atoms with Crippen molar-refractivity contribution in [3.05, 3.63) is 47.9 Å². The van der Waals surface area contributed by atoms with E-state index < -0.39 is 0 Å². The molecule has 3 heterocycles. The maximum absolute atomic E-state index is 13.5. The molecule has 2 saturated heterocycles. The predicted octanol–water partition coefficient (Wildman–Crippen LogP) is 2.19. The molecule has 2 aliphatic heterocycles. The van der Waals surface area contributed by atoms with E-state index in [1.54, 1.807) is 12.1 Å². The normalized spacial score (nSPS) is 22.0. The third kappa shape index (κ3) is 3.74. The Bertz CT molecular complexity index is 954. The molecule has 0 radical (unpaired) electrons. The Kier molecular flexibility index (Phi) is 4.84. The Morgan fingerprint density at radius 1 is 1.03 bits per heavy atom. The van der Waals surface area contributed by atoms with Crippen LogP contribution in [0.3, 0.4) is 0 Å². The molecule has 1 unspecified atom stereocenters. The van der Waals surface area contributed by atoms with Gasteiger partial charge in [0.05, 0.1) is 11.6 Å². The van der Waals surface area contributed by atoms with Crippen molar-refractivity contribution in [2.75, 3.05) is 42.5 Å². The number of halogens is 1. The number of hydrogen-bond donors (Lipinski definition) is 0. The number of amides is 2. The van der Waals surface area contributed by atoms with Gasteiger partial charge in [0.1, 0.15) is 5.82 Å². The molecular formula is C22H24FN5O2. The number of hydrogen-bond acceptors (Lipinski definition) is 5. The van der Waals surface area contributed by atoms with Crippen LogP contribution < -0.4 is 9.80 Å². The summed E-state index contributed by atoms with van der Waals surface area (Å²) >= 11 is 0. The highest BCUT2D eigenvalue weighted by Crippen LogP contribution is 2.38. The van der Waals surface area contributed by atoms with E-state index in [2.05, 4.69) is 21.2 Å². The minimum Gasteiger partial charge on any atom is -0.352 e. The average Bonchev–Trinajstić information content (AvgIpc) is 3.55. The van der Waals surface area contributed by atoms with Gasteiger partial charge < -0.3 is 14.7 Å². The molecule has 7 nitrogen and oxygen atoms in total. The second-order valence-corrected chi connectivity index (χ2v) is 8.29. The maximum atomic E-state index is 13.5. The zero-order chi connectivity index (χ0) is 20.7. The predicted molar refractivity (Wildman–Crippen MR) is 110 cm³/mol. The molecule has 0 N–H and O–H groups in total. The average molecular weight is 409 g/mol. The Morgan fingerprint density at radius 2 is 1.83 bits per heavy atom. The van der Waals surface area contributed by atoms with Crippen LogP contribution in [0.2, 0.25) is 0 Å². The Morgan fingerprint density at radius 3 is 2.50 bits per heavy atom. The van der Waals surface area contributed by atoms with Gasteiger partial charge in [0.15, 0.2) is 5.82 Å². The van der Waals surface area contributed by atoms with E-state index in [0.29, 0.717) is 44.3 Å². The number of carbonyl (C=O) groups is 2. The summed E-state index contributed by atoms with van der Waals surface area (Å²) in [6.45, 7) is 2.87. The molecule has 30 heavy (non-hydrogen) atoms. The van der Waals surface area contributed by atoms with E-state index in [0.717, 1.165) is 11.5 Å². The summed E-state index contributed by atoms with van der Waals surface area (Å²) in [5, 5.41) is 8.70. The van der Waals surface area contributed by atoms with Crippen molar-refractivity contribution in [1.29, 1.82) is 0 Å². The van der Waals surface area contributed by atoms with Crippen molar-refractivity contribution in [3.8, 4) is 0 Å². The molecule has 1 aromatic heterocycles. The molecule has 2 amide bonds. The van der Waals surface area contributed by atoms with Crippen LogP contribution in [0.15, 0.2) is 36.4 Å². The van der Waals surface area contributed by atoms with E-state index in [1.807, 2.05) is 11.0 Å². The summed E-state index contributed by atoms with van der Waals surface area (Å²) in [6, 6.07) is 10.0. The first kappa shape index (κ1) is 19.0. The minimum atomic E-state index is -0.389. The topological polar surface area (TPSA) is 69.6 Å². The molecule has 1 aromatic carbocycles. The second-order valence-electron chi connectivity index (χ2n) is 8.29. The third-order valence-corrected chi connectivity index (χ3v) is 6.18. The summed E-state index contributed by atoms with van der Waals surface area (Å²) in [5.41, 5.74) is 1.58. The van der Waals surface area contributed by atoms with Crippen LogP contribution in [0.25, 0.3) is 0 Å². The van der Waals surface area contributed by atoms with Crippen LogP contribution in [0.4, 0.5) is 15.9 Å². The lowest BCUT2D eigenvalue weighted by Gasteiger charge is -2.36. The first-order chi connectivity index (χ1) is 14.6. The number of carbonyl (C=O) groups excluding carboxylic acids is 2. The van der Waals surface area contributed by atoms with Crippen molar-refractivity contribution in [2.45, 2.75) is 25.2 Å². The Labute approximate surface area is 174 Å². The molecule has 2 aromatic rings. The number of piperazine rings is 1. The highest BCUT2D eigenvalue weighted by atomic mass is 19.1. The number of benzene rings is 1. The molecule has 1 saturated carbocycles. The van der Waals surface area contributed by atoms with Gasteiger partial charge in [0, 0.05) is 50.7 Å². The molecule has 1 atom stereocenters. The quantitative estimate of drug-likeness (QED) is 0.774. The summed E-state index contributed by atoms with van der Waals surface area (Å²) in [7, 11) is 0. The summed E-state index contributed by atoms with van der Waals surface area (Å²) in [4.78, 5) is 30.9. The van der Waals surface area contributed by atoms with Crippen LogP contribution in [0, 0.1) is 11.7 Å². The number of aromatic nitrogens is 2. The smallest absolute Gasteiger partial charge is 0.228 e. The lowest BCUT2D eigenvalue weighted by molar-refractivity contribution is -0.136. The van der Waals surface area contributed by atoms with Crippen molar-refractivity contribution < 1.29 is 14.0 Å². The summed E-state index contributed by atoms with van der Waals surface area (Å²) < 4.78 is 13.5. The highest BCUT2D eigenvalue weighted by Gasteiger charge is 2.38. The van der Waals surface area contributed by atoms with Gasteiger partial charge in [-0.2, -0.15) is 5.10 Å². The van der Waals surface area contributed by atoms with Crippen LogP contribution in [0.5, 0.6) is 0 Å². The molecule has 156 valence electrons.